The van der Waals surface area contributed by atoms with Gasteiger partial charge < -0.3 is 14.2 Å². The van der Waals surface area contributed by atoms with Crippen molar-refractivity contribution in [3.05, 3.63) is 41.0 Å². The molecule has 2 saturated heterocycles. The van der Waals surface area contributed by atoms with Gasteiger partial charge >= 0.3 is 6.09 Å². The van der Waals surface area contributed by atoms with Crippen LogP contribution in [0, 0.1) is 0 Å². The first kappa shape index (κ1) is 19.3. The molecular weight excluding hydrogens is 378 g/mol. The molecule has 3 heterocycles. The molecule has 0 spiro atoms. The minimum absolute atomic E-state index is 0.214. The van der Waals surface area contributed by atoms with Gasteiger partial charge in [0.1, 0.15) is 11.3 Å². The van der Waals surface area contributed by atoms with Crippen molar-refractivity contribution in [3.8, 4) is 11.3 Å². The van der Waals surface area contributed by atoms with Crippen molar-refractivity contribution >= 4 is 17.7 Å². The topological polar surface area (TPSA) is 58.8 Å². The summed E-state index contributed by atoms with van der Waals surface area (Å²) in [6.45, 7) is 7.86. The SMILES string of the molecule is CC(C)(C)OC(=O)N1CCN2[C@@H](CC[C@@H]2c2cc(-c3ccccc3Cl)on2)C1. The van der Waals surface area contributed by atoms with E-state index in [0.29, 0.717) is 29.9 Å². The average molecular weight is 404 g/mol. The normalized spacial score (nSPS) is 22.9. The van der Waals surface area contributed by atoms with E-state index in [4.69, 9.17) is 20.9 Å². The number of rotatable bonds is 2. The highest BCUT2D eigenvalue weighted by Gasteiger charge is 2.41. The van der Waals surface area contributed by atoms with Crippen LogP contribution in [0.2, 0.25) is 5.02 Å². The van der Waals surface area contributed by atoms with Gasteiger partial charge in [0.05, 0.1) is 11.1 Å². The predicted molar refractivity (Wildman–Crippen MR) is 107 cm³/mol. The summed E-state index contributed by atoms with van der Waals surface area (Å²) < 4.78 is 11.1. The molecule has 2 fully saturated rings. The van der Waals surface area contributed by atoms with Gasteiger partial charge in [0.15, 0.2) is 5.76 Å². The Balaban J connectivity index is 1.44. The standard InChI is InChI=1S/C21H26ClN3O3/c1-21(2,3)27-20(26)24-10-11-25-14(13-24)8-9-18(25)17-12-19(28-23-17)15-6-4-5-7-16(15)22/h4-7,12,14,18H,8-11,13H2,1-3H3/t14-,18+/m0/s1. The lowest BCUT2D eigenvalue weighted by molar-refractivity contribution is 0.00464. The fourth-order valence-corrected chi connectivity index (χ4v) is 4.33. The summed E-state index contributed by atoms with van der Waals surface area (Å²) in [6.07, 6.45) is 1.80. The van der Waals surface area contributed by atoms with Crippen molar-refractivity contribution in [1.82, 2.24) is 15.0 Å². The summed E-state index contributed by atoms with van der Waals surface area (Å²) in [4.78, 5) is 16.7. The van der Waals surface area contributed by atoms with Gasteiger partial charge in [0.25, 0.3) is 0 Å². The molecule has 0 unspecified atom stereocenters. The van der Waals surface area contributed by atoms with Crippen LogP contribution in [0.1, 0.15) is 45.3 Å². The van der Waals surface area contributed by atoms with Gasteiger partial charge in [-0.3, -0.25) is 4.90 Å². The molecule has 7 heteroatoms. The van der Waals surface area contributed by atoms with Gasteiger partial charge in [-0.1, -0.05) is 28.9 Å². The highest BCUT2D eigenvalue weighted by atomic mass is 35.5. The Hall–Kier alpha value is -2.05. The lowest BCUT2D eigenvalue weighted by atomic mass is 10.1. The molecule has 150 valence electrons. The lowest BCUT2D eigenvalue weighted by Crippen LogP contribution is -2.53. The maximum atomic E-state index is 12.4. The number of carbonyl (C=O) groups is 1. The number of fused-ring (bicyclic) bond motifs is 1. The van der Waals surface area contributed by atoms with Crippen LogP contribution in [0.4, 0.5) is 4.79 Å². The summed E-state index contributed by atoms with van der Waals surface area (Å²) in [5, 5.41) is 4.98. The van der Waals surface area contributed by atoms with Gasteiger partial charge in [0.2, 0.25) is 0 Å². The van der Waals surface area contributed by atoms with Gasteiger partial charge in [-0.05, 0) is 45.7 Å². The number of halogens is 1. The third-order valence-corrected chi connectivity index (χ3v) is 5.69. The van der Waals surface area contributed by atoms with Crippen LogP contribution in [-0.4, -0.2) is 52.3 Å². The van der Waals surface area contributed by atoms with E-state index in [1.54, 1.807) is 0 Å². The van der Waals surface area contributed by atoms with E-state index in [-0.39, 0.29) is 12.1 Å². The zero-order chi connectivity index (χ0) is 19.9. The molecule has 0 radical (unpaired) electrons. The zero-order valence-electron chi connectivity index (χ0n) is 16.5. The maximum Gasteiger partial charge on any atom is 0.410 e. The molecule has 0 saturated carbocycles. The second-order valence-electron chi connectivity index (χ2n) is 8.51. The predicted octanol–water partition coefficient (Wildman–Crippen LogP) is 4.75. The van der Waals surface area contributed by atoms with E-state index < -0.39 is 5.60 Å². The fraction of sp³-hybridized carbons (Fsp3) is 0.524. The Morgan fingerprint density at radius 2 is 2.04 bits per heavy atom. The first-order valence-electron chi connectivity index (χ1n) is 9.77. The van der Waals surface area contributed by atoms with E-state index in [0.717, 1.165) is 30.6 Å². The monoisotopic (exact) mass is 403 g/mol. The maximum absolute atomic E-state index is 12.4. The van der Waals surface area contributed by atoms with Crippen molar-refractivity contribution in [2.45, 2.75) is 51.3 Å². The number of piperazine rings is 1. The van der Waals surface area contributed by atoms with Crippen LogP contribution in [0.25, 0.3) is 11.3 Å². The van der Waals surface area contributed by atoms with Crippen LogP contribution in [0.3, 0.4) is 0 Å². The molecule has 0 bridgehead atoms. The molecule has 1 aromatic carbocycles. The minimum Gasteiger partial charge on any atom is -0.444 e. The number of carbonyl (C=O) groups excluding carboxylic acids is 1. The van der Waals surface area contributed by atoms with E-state index in [1.807, 2.05) is 56.0 Å². The second kappa shape index (κ2) is 7.41. The Morgan fingerprint density at radius 3 is 2.79 bits per heavy atom. The summed E-state index contributed by atoms with van der Waals surface area (Å²) in [6, 6.07) is 10.1. The fourth-order valence-electron chi connectivity index (χ4n) is 4.10. The number of nitrogens with zero attached hydrogens (tertiary/aromatic N) is 3. The van der Waals surface area contributed by atoms with E-state index in [1.165, 1.54) is 0 Å². The Bertz CT molecular complexity index is 861. The van der Waals surface area contributed by atoms with E-state index >= 15 is 0 Å². The molecule has 1 amide bonds. The Kier molecular flexibility index (Phi) is 5.10. The molecule has 28 heavy (non-hydrogen) atoms. The van der Waals surface area contributed by atoms with Crippen LogP contribution >= 0.6 is 11.6 Å². The molecule has 2 atom stereocenters. The minimum atomic E-state index is -0.470. The smallest absolute Gasteiger partial charge is 0.410 e. The van der Waals surface area contributed by atoms with Gasteiger partial charge in [-0.2, -0.15) is 0 Å². The molecule has 2 aliphatic rings. The summed E-state index contributed by atoms with van der Waals surface area (Å²) in [5.74, 6) is 0.691. The van der Waals surface area contributed by atoms with Crippen LogP contribution < -0.4 is 0 Å². The number of ether oxygens (including phenoxy) is 1. The third kappa shape index (κ3) is 3.89. The van der Waals surface area contributed by atoms with Crippen molar-refractivity contribution in [2.24, 2.45) is 0 Å². The summed E-state index contributed by atoms with van der Waals surface area (Å²) in [5.41, 5.74) is 1.32. The number of benzene rings is 1. The highest BCUT2D eigenvalue weighted by molar-refractivity contribution is 6.33. The first-order valence-corrected chi connectivity index (χ1v) is 10.1. The largest absolute Gasteiger partial charge is 0.444 e. The molecule has 6 nitrogen and oxygen atoms in total. The average Bonchev–Trinajstić information content (AvgIpc) is 3.26. The van der Waals surface area contributed by atoms with Crippen LogP contribution in [0.5, 0.6) is 0 Å². The first-order chi connectivity index (χ1) is 13.3. The lowest BCUT2D eigenvalue weighted by Gasteiger charge is -2.39. The molecule has 0 aliphatic carbocycles. The molecule has 2 aliphatic heterocycles. The molecule has 0 N–H and O–H groups in total. The van der Waals surface area contributed by atoms with E-state index in [9.17, 15) is 4.79 Å². The molecule has 2 aromatic rings. The quantitative estimate of drug-likeness (QED) is 0.724. The van der Waals surface area contributed by atoms with Crippen molar-refractivity contribution < 1.29 is 14.1 Å². The molecular formula is C21H26ClN3O3. The van der Waals surface area contributed by atoms with Gasteiger partial charge in [-0.25, -0.2) is 4.79 Å². The number of hydrogen-bond acceptors (Lipinski definition) is 5. The van der Waals surface area contributed by atoms with E-state index in [2.05, 4.69) is 10.1 Å². The number of hydrogen-bond donors (Lipinski definition) is 0. The van der Waals surface area contributed by atoms with Crippen LogP contribution in [-0.2, 0) is 4.74 Å². The highest BCUT2D eigenvalue weighted by Crippen LogP contribution is 2.39. The van der Waals surface area contributed by atoms with Crippen molar-refractivity contribution in [1.29, 1.82) is 0 Å². The molecule has 4 rings (SSSR count). The Morgan fingerprint density at radius 1 is 1.25 bits per heavy atom. The van der Waals surface area contributed by atoms with Crippen molar-refractivity contribution in [2.75, 3.05) is 19.6 Å². The number of amides is 1. The van der Waals surface area contributed by atoms with Crippen molar-refractivity contribution in [3.63, 3.8) is 0 Å². The third-order valence-electron chi connectivity index (χ3n) is 5.36. The Labute approximate surface area is 170 Å². The molecule has 1 aromatic heterocycles. The van der Waals surface area contributed by atoms with Gasteiger partial charge in [-0.15, -0.1) is 0 Å². The van der Waals surface area contributed by atoms with Gasteiger partial charge in [0, 0.05) is 37.3 Å². The van der Waals surface area contributed by atoms with Crippen LogP contribution in [0.15, 0.2) is 34.9 Å². The summed E-state index contributed by atoms with van der Waals surface area (Å²) in [7, 11) is 0. The zero-order valence-corrected chi connectivity index (χ0v) is 17.3. The second-order valence-corrected chi connectivity index (χ2v) is 8.91. The summed E-state index contributed by atoms with van der Waals surface area (Å²) >= 11 is 6.28. The number of aromatic nitrogens is 1.